The number of aliphatic hydroxyl groups is 1. The number of aromatic nitrogens is 2. The average Bonchev–Trinajstić information content (AvgIpc) is 2.93. The number of amides is 1. The monoisotopic (exact) mass is 297 g/mol. The third-order valence-electron chi connectivity index (χ3n) is 2.72. The molecular formula is C13H13ClFN3O2. The normalized spacial score (nSPS) is 10.6. The molecule has 1 heterocycles. The summed E-state index contributed by atoms with van der Waals surface area (Å²) in [7, 11) is 0. The molecule has 0 unspecified atom stereocenters. The Morgan fingerprint density at radius 1 is 1.50 bits per heavy atom. The number of halogens is 2. The van der Waals surface area contributed by atoms with Gasteiger partial charge in [0, 0.05) is 24.5 Å². The molecule has 2 aromatic rings. The number of nitrogens with zero attached hydrogens (tertiary/aromatic N) is 2. The van der Waals surface area contributed by atoms with E-state index in [1.54, 1.807) is 12.4 Å². The Hall–Kier alpha value is -1.92. The maximum Gasteiger partial charge on any atom is 0.254 e. The van der Waals surface area contributed by atoms with Gasteiger partial charge < -0.3 is 15.0 Å². The van der Waals surface area contributed by atoms with Crippen LogP contribution in [0.4, 0.5) is 4.39 Å². The minimum absolute atomic E-state index is 0.113. The number of carbonyl (C=O) groups excluding carboxylic acids is 1. The number of aromatic amines is 1. The van der Waals surface area contributed by atoms with Crippen molar-refractivity contribution in [3.63, 3.8) is 0 Å². The first-order chi connectivity index (χ1) is 9.61. The molecule has 0 spiro atoms. The maximum absolute atomic E-state index is 13.1. The van der Waals surface area contributed by atoms with E-state index in [1.165, 1.54) is 17.0 Å². The van der Waals surface area contributed by atoms with Gasteiger partial charge in [0.1, 0.15) is 11.6 Å². The highest BCUT2D eigenvalue weighted by molar-refractivity contribution is 6.31. The molecule has 0 atom stereocenters. The number of aliphatic hydroxyl groups excluding tert-OH is 1. The topological polar surface area (TPSA) is 69.2 Å². The highest BCUT2D eigenvalue weighted by Gasteiger charge is 2.17. The molecule has 0 saturated carbocycles. The van der Waals surface area contributed by atoms with Crippen LogP contribution in [-0.4, -0.2) is 39.0 Å². The van der Waals surface area contributed by atoms with Crippen molar-refractivity contribution in [3.8, 4) is 0 Å². The number of hydrogen-bond donors (Lipinski definition) is 2. The number of benzene rings is 1. The number of nitrogens with one attached hydrogen (secondary N) is 1. The molecule has 1 amide bonds. The largest absolute Gasteiger partial charge is 0.395 e. The zero-order chi connectivity index (χ0) is 14.5. The fourth-order valence-corrected chi connectivity index (χ4v) is 1.93. The number of imidazole rings is 1. The number of hydrogen-bond acceptors (Lipinski definition) is 3. The zero-order valence-corrected chi connectivity index (χ0v) is 11.3. The number of rotatable bonds is 5. The van der Waals surface area contributed by atoms with E-state index in [1.807, 2.05) is 0 Å². The van der Waals surface area contributed by atoms with Crippen LogP contribution in [0.15, 0.2) is 30.6 Å². The van der Waals surface area contributed by atoms with Crippen molar-refractivity contribution in [3.05, 3.63) is 52.8 Å². The summed E-state index contributed by atoms with van der Waals surface area (Å²) in [6.45, 7) is 0.192. The van der Waals surface area contributed by atoms with Crippen LogP contribution in [-0.2, 0) is 6.54 Å². The maximum atomic E-state index is 13.1. The van der Waals surface area contributed by atoms with Gasteiger partial charge in [-0.3, -0.25) is 4.79 Å². The third kappa shape index (κ3) is 3.34. The van der Waals surface area contributed by atoms with Crippen molar-refractivity contribution in [2.24, 2.45) is 0 Å². The van der Waals surface area contributed by atoms with Gasteiger partial charge in [-0.05, 0) is 18.2 Å². The molecule has 2 rings (SSSR count). The van der Waals surface area contributed by atoms with E-state index in [4.69, 9.17) is 16.7 Å². The van der Waals surface area contributed by atoms with Crippen LogP contribution < -0.4 is 0 Å². The van der Waals surface area contributed by atoms with E-state index in [0.717, 1.165) is 6.07 Å². The van der Waals surface area contributed by atoms with Gasteiger partial charge in [-0.1, -0.05) is 11.6 Å². The molecule has 0 radical (unpaired) electrons. The van der Waals surface area contributed by atoms with Crippen molar-refractivity contribution in [2.75, 3.05) is 13.2 Å². The van der Waals surface area contributed by atoms with Gasteiger partial charge in [0.15, 0.2) is 0 Å². The Labute approximate surface area is 120 Å². The lowest BCUT2D eigenvalue weighted by atomic mass is 10.2. The molecule has 7 heteroatoms. The molecule has 20 heavy (non-hydrogen) atoms. The van der Waals surface area contributed by atoms with Crippen molar-refractivity contribution in [1.29, 1.82) is 0 Å². The summed E-state index contributed by atoms with van der Waals surface area (Å²) in [5.41, 5.74) is 0.261. The summed E-state index contributed by atoms with van der Waals surface area (Å²) < 4.78 is 13.1. The number of H-pyrrole nitrogens is 1. The molecular weight excluding hydrogens is 285 g/mol. The molecule has 0 aliphatic rings. The highest BCUT2D eigenvalue weighted by atomic mass is 35.5. The van der Waals surface area contributed by atoms with Crippen molar-refractivity contribution < 1.29 is 14.3 Å². The molecule has 0 bridgehead atoms. The molecule has 1 aromatic heterocycles. The SMILES string of the molecule is O=C(c1ccc(F)c(Cl)c1)N(CCO)Cc1ncc[nH]1. The quantitative estimate of drug-likeness (QED) is 0.885. The van der Waals surface area contributed by atoms with Crippen LogP contribution in [0.25, 0.3) is 0 Å². The molecule has 1 aromatic carbocycles. The Kier molecular flexibility index (Phi) is 4.70. The van der Waals surface area contributed by atoms with Crippen molar-refractivity contribution in [1.82, 2.24) is 14.9 Å². The van der Waals surface area contributed by atoms with E-state index in [2.05, 4.69) is 9.97 Å². The smallest absolute Gasteiger partial charge is 0.254 e. The summed E-state index contributed by atoms with van der Waals surface area (Å²) in [5, 5.41) is 8.94. The highest BCUT2D eigenvalue weighted by Crippen LogP contribution is 2.17. The van der Waals surface area contributed by atoms with Crippen LogP contribution >= 0.6 is 11.6 Å². The summed E-state index contributed by atoms with van der Waals surface area (Å²) in [6.07, 6.45) is 3.22. The minimum atomic E-state index is -0.581. The number of carbonyl (C=O) groups is 1. The summed E-state index contributed by atoms with van der Waals surface area (Å²) in [4.78, 5) is 20.6. The van der Waals surface area contributed by atoms with Crippen LogP contribution in [0.2, 0.25) is 5.02 Å². The van der Waals surface area contributed by atoms with E-state index >= 15 is 0 Å². The Balaban J connectivity index is 2.19. The van der Waals surface area contributed by atoms with Gasteiger partial charge in [0.2, 0.25) is 0 Å². The lowest BCUT2D eigenvalue weighted by Crippen LogP contribution is -2.33. The average molecular weight is 298 g/mol. The van der Waals surface area contributed by atoms with Crippen molar-refractivity contribution in [2.45, 2.75) is 6.54 Å². The molecule has 5 nitrogen and oxygen atoms in total. The van der Waals surface area contributed by atoms with Crippen LogP contribution in [0.3, 0.4) is 0 Å². The predicted molar refractivity (Wildman–Crippen MR) is 71.8 cm³/mol. The second-order valence-corrected chi connectivity index (χ2v) is 4.52. The van der Waals surface area contributed by atoms with E-state index < -0.39 is 5.82 Å². The fraction of sp³-hybridized carbons (Fsp3) is 0.231. The van der Waals surface area contributed by atoms with Crippen LogP contribution in [0.1, 0.15) is 16.2 Å². The first kappa shape index (κ1) is 14.5. The van der Waals surface area contributed by atoms with Gasteiger partial charge >= 0.3 is 0 Å². The van der Waals surface area contributed by atoms with Gasteiger partial charge in [-0.25, -0.2) is 9.37 Å². The second kappa shape index (κ2) is 6.49. The first-order valence-electron chi connectivity index (χ1n) is 5.95. The van der Waals surface area contributed by atoms with Crippen molar-refractivity contribution >= 4 is 17.5 Å². The lowest BCUT2D eigenvalue weighted by Gasteiger charge is -2.20. The van der Waals surface area contributed by atoms with E-state index in [0.29, 0.717) is 5.82 Å². The lowest BCUT2D eigenvalue weighted by molar-refractivity contribution is 0.0703. The van der Waals surface area contributed by atoms with Gasteiger partial charge in [0.25, 0.3) is 5.91 Å². The zero-order valence-electron chi connectivity index (χ0n) is 10.5. The first-order valence-corrected chi connectivity index (χ1v) is 6.33. The summed E-state index contributed by atoms with van der Waals surface area (Å²) in [5.74, 6) is -0.333. The summed E-state index contributed by atoms with van der Waals surface area (Å²) >= 11 is 5.67. The molecule has 106 valence electrons. The van der Waals surface area contributed by atoms with Gasteiger partial charge in [-0.15, -0.1) is 0 Å². The predicted octanol–water partition coefficient (Wildman–Crippen LogP) is 1.84. The molecule has 2 N–H and O–H groups in total. The Bertz CT molecular complexity index is 589. The Morgan fingerprint density at radius 2 is 2.30 bits per heavy atom. The molecule has 0 aliphatic heterocycles. The third-order valence-corrected chi connectivity index (χ3v) is 3.01. The molecule has 0 aliphatic carbocycles. The van der Waals surface area contributed by atoms with Crippen LogP contribution in [0.5, 0.6) is 0 Å². The second-order valence-electron chi connectivity index (χ2n) is 4.12. The minimum Gasteiger partial charge on any atom is -0.395 e. The fourth-order valence-electron chi connectivity index (χ4n) is 1.75. The van der Waals surface area contributed by atoms with Gasteiger partial charge in [0.05, 0.1) is 18.2 Å². The Morgan fingerprint density at radius 3 is 2.90 bits per heavy atom. The van der Waals surface area contributed by atoms with Gasteiger partial charge in [-0.2, -0.15) is 0 Å². The summed E-state index contributed by atoms with van der Waals surface area (Å²) in [6, 6.07) is 3.77. The standard InChI is InChI=1S/C13H13ClFN3O2/c14-10-7-9(1-2-11(10)15)13(20)18(5-6-19)8-12-16-3-4-17-12/h1-4,7,19H,5-6,8H2,(H,16,17). The van der Waals surface area contributed by atoms with E-state index in [9.17, 15) is 9.18 Å². The van der Waals surface area contributed by atoms with E-state index in [-0.39, 0.29) is 36.2 Å². The molecule has 0 fully saturated rings. The van der Waals surface area contributed by atoms with Crippen LogP contribution in [0, 0.1) is 5.82 Å². The molecule has 0 saturated heterocycles.